The fourth-order valence-corrected chi connectivity index (χ4v) is 5.65. The van der Waals surface area contributed by atoms with Crippen molar-refractivity contribution in [3.05, 3.63) is 82.6 Å². The second-order valence-electron chi connectivity index (χ2n) is 7.79. The first-order valence-electron chi connectivity index (χ1n) is 10.7. The summed E-state index contributed by atoms with van der Waals surface area (Å²) < 4.78 is 56.1. The Morgan fingerprint density at radius 1 is 1.28 bits per heavy atom. The number of pyridine rings is 1. The maximum absolute atomic E-state index is 15.2. The van der Waals surface area contributed by atoms with Gasteiger partial charge in [0.2, 0.25) is 15.8 Å². The lowest BCUT2D eigenvalue weighted by Crippen LogP contribution is -2.18. The molecule has 0 aliphatic carbocycles. The van der Waals surface area contributed by atoms with E-state index in [1.54, 1.807) is 31.3 Å². The van der Waals surface area contributed by atoms with E-state index in [4.69, 9.17) is 11.1 Å². The smallest absolute Gasteiger partial charge is 0.232 e. The van der Waals surface area contributed by atoms with Gasteiger partial charge in [0, 0.05) is 33.8 Å². The van der Waals surface area contributed by atoms with Crippen molar-refractivity contribution in [3.63, 3.8) is 0 Å². The molecule has 1 aromatic carbocycles. The van der Waals surface area contributed by atoms with Crippen molar-refractivity contribution in [1.82, 2.24) is 9.97 Å². The third-order valence-corrected chi connectivity index (χ3v) is 7.90. The van der Waals surface area contributed by atoms with Crippen molar-refractivity contribution in [1.29, 1.82) is 5.41 Å². The Morgan fingerprint density at radius 2 is 2.06 bits per heavy atom. The summed E-state index contributed by atoms with van der Waals surface area (Å²) in [6, 6.07) is 6.99. The van der Waals surface area contributed by atoms with Crippen LogP contribution in [0.25, 0.3) is 21.5 Å². The molecule has 0 aliphatic rings. The minimum atomic E-state index is -3.86. The fourth-order valence-electron chi connectivity index (χ4n) is 3.60. The van der Waals surface area contributed by atoms with E-state index in [-0.39, 0.29) is 17.0 Å². The summed E-state index contributed by atoms with van der Waals surface area (Å²) in [7, 11) is -3.86. The number of fused-ring (bicyclic) bond motifs is 1. The Labute approximate surface area is 209 Å². The number of thiophene rings is 1. The second-order valence-corrected chi connectivity index (χ2v) is 10.7. The molecule has 5 N–H and O–H groups in total. The Balaban J connectivity index is 1.74. The van der Waals surface area contributed by atoms with E-state index in [9.17, 15) is 17.6 Å². The van der Waals surface area contributed by atoms with E-state index < -0.39 is 38.7 Å². The number of rotatable bonds is 9. The van der Waals surface area contributed by atoms with Crippen LogP contribution in [-0.2, 0) is 10.0 Å². The molecule has 0 aliphatic heterocycles. The number of hydrogen-bond donors (Lipinski definition) is 4. The molecule has 0 spiro atoms. The van der Waals surface area contributed by atoms with Crippen LogP contribution in [0.5, 0.6) is 0 Å². The van der Waals surface area contributed by atoms with E-state index in [1.807, 2.05) is 0 Å². The van der Waals surface area contributed by atoms with Gasteiger partial charge in [0.25, 0.3) is 0 Å². The van der Waals surface area contributed by atoms with Gasteiger partial charge in [-0.25, -0.2) is 22.2 Å². The predicted molar refractivity (Wildman–Crippen MR) is 137 cm³/mol. The summed E-state index contributed by atoms with van der Waals surface area (Å²) in [5.74, 6) is -3.64. The Morgan fingerprint density at radius 3 is 2.78 bits per heavy atom. The summed E-state index contributed by atoms with van der Waals surface area (Å²) in [4.78, 5) is 21.8. The van der Waals surface area contributed by atoms with E-state index in [0.29, 0.717) is 27.9 Å². The fraction of sp³-hybridized carbons (Fsp3) is 0.125. The Hall–Kier alpha value is -3.90. The Kier molecular flexibility index (Phi) is 7.00. The highest BCUT2D eigenvalue weighted by Gasteiger charge is 2.26. The van der Waals surface area contributed by atoms with Crippen LogP contribution in [0.2, 0.25) is 0 Å². The first-order valence-corrected chi connectivity index (χ1v) is 13.2. The Bertz CT molecular complexity index is 1620. The normalized spacial score (nSPS) is 11.9. The molecule has 36 heavy (non-hydrogen) atoms. The lowest BCUT2D eigenvalue weighted by atomic mass is 10.0. The zero-order valence-corrected chi connectivity index (χ0v) is 20.6. The van der Waals surface area contributed by atoms with Gasteiger partial charge in [0.1, 0.15) is 11.5 Å². The number of benzene rings is 1. The summed E-state index contributed by atoms with van der Waals surface area (Å²) in [6.45, 7) is 1.65. The molecule has 3 aromatic heterocycles. The van der Waals surface area contributed by atoms with Crippen molar-refractivity contribution in [3.8, 4) is 10.4 Å². The number of aromatic nitrogens is 2. The molecule has 4 rings (SSSR count). The summed E-state index contributed by atoms with van der Waals surface area (Å²) in [5.41, 5.74) is 5.15. The molecule has 0 saturated carbocycles. The molecule has 0 saturated heterocycles. The van der Waals surface area contributed by atoms with Crippen molar-refractivity contribution in [2.24, 2.45) is 5.73 Å². The number of ketones is 1. The number of anilines is 1. The number of halogens is 2. The zero-order chi connectivity index (χ0) is 26.0. The molecule has 0 atom stereocenters. The van der Waals surface area contributed by atoms with Crippen molar-refractivity contribution in [2.45, 2.75) is 13.3 Å². The molecule has 186 valence electrons. The molecule has 8 nitrogen and oxygen atoms in total. The average Bonchev–Trinajstić information content (AvgIpc) is 3.48. The van der Waals surface area contributed by atoms with Crippen LogP contribution in [0.4, 0.5) is 14.5 Å². The summed E-state index contributed by atoms with van der Waals surface area (Å²) in [5, 5.41) is 8.33. The van der Waals surface area contributed by atoms with Crippen LogP contribution in [0, 0.1) is 17.0 Å². The molecule has 0 radical (unpaired) electrons. The third kappa shape index (κ3) is 4.90. The largest absolute Gasteiger partial charge is 0.405 e. The SMILES string of the molecule is CCCS(=O)(=O)Nc1ccc(F)c(C(=O)c2c[nH]c3ncc(-c4ccc(C(=N)/C=C\N)s4)cc23)c1F. The van der Waals surface area contributed by atoms with Crippen LogP contribution in [0.3, 0.4) is 0 Å². The molecule has 0 unspecified atom stereocenters. The van der Waals surface area contributed by atoms with Gasteiger partial charge in [-0.1, -0.05) is 6.92 Å². The van der Waals surface area contributed by atoms with Crippen LogP contribution in [-0.4, -0.2) is 35.6 Å². The number of carbonyl (C=O) groups excluding carboxylic acids is 1. The van der Waals surface area contributed by atoms with E-state index in [2.05, 4.69) is 14.7 Å². The van der Waals surface area contributed by atoms with Gasteiger partial charge in [-0.3, -0.25) is 14.9 Å². The monoisotopic (exact) mass is 529 g/mol. The van der Waals surface area contributed by atoms with Gasteiger partial charge < -0.3 is 10.7 Å². The van der Waals surface area contributed by atoms with Gasteiger partial charge >= 0.3 is 0 Å². The number of hydrogen-bond acceptors (Lipinski definition) is 7. The van der Waals surface area contributed by atoms with Gasteiger partial charge in [-0.15, -0.1) is 11.3 Å². The van der Waals surface area contributed by atoms with Crippen molar-refractivity contribution < 1.29 is 22.0 Å². The first kappa shape index (κ1) is 25.2. The first-order chi connectivity index (χ1) is 17.1. The minimum absolute atomic E-state index is 0.0266. The lowest BCUT2D eigenvalue weighted by molar-refractivity contribution is 0.103. The maximum atomic E-state index is 15.2. The number of nitrogens with one attached hydrogen (secondary N) is 3. The van der Waals surface area contributed by atoms with Gasteiger partial charge in [0.15, 0.2) is 5.82 Å². The number of nitrogens with two attached hydrogens (primary N) is 1. The quantitative estimate of drug-likeness (QED) is 0.182. The second kappa shape index (κ2) is 9.99. The molecule has 12 heteroatoms. The molecular weight excluding hydrogens is 508 g/mol. The molecule has 0 amide bonds. The zero-order valence-electron chi connectivity index (χ0n) is 18.9. The minimum Gasteiger partial charge on any atom is -0.405 e. The van der Waals surface area contributed by atoms with Crippen LogP contribution in [0.15, 0.2) is 55.0 Å². The van der Waals surface area contributed by atoms with Crippen molar-refractivity contribution in [2.75, 3.05) is 10.5 Å². The van der Waals surface area contributed by atoms with Crippen LogP contribution in [0.1, 0.15) is 34.1 Å². The molecule has 3 heterocycles. The molecule has 4 aromatic rings. The predicted octanol–water partition coefficient (Wildman–Crippen LogP) is 4.79. The van der Waals surface area contributed by atoms with E-state index in [1.165, 1.54) is 29.8 Å². The highest BCUT2D eigenvalue weighted by Crippen LogP contribution is 2.32. The number of carbonyl (C=O) groups is 1. The lowest BCUT2D eigenvalue weighted by Gasteiger charge is -2.11. The van der Waals surface area contributed by atoms with Gasteiger partial charge in [-0.05, 0) is 49.0 Å². The molecular formula is C24H21F2N5O3S2. The van der Waals surface area contributed by atoms with E-state index >= 15 is 4.39 Å². The number of allylic oxidation sites excluding steroid dienone is 1. The average molecular weight is 530 g/mol. The number of sulfonamides is 1. The van der Waals surface area contributed by atoms with Crippen LogP contribution < -0.4 is 10.5 Å². The maximum Gasteiger partial charge on any atom is 0.232 e. The third-order valence-electron chi connectivity index (χ3n) is 5.25. The standard InChI is InChI=1S/C24H21F2N5O3S2/c1-2-9-36(33,34)31-18-4-3-16(25)21(22(18)26)23(32)15-12-30-24-14(15)10-13(11-29-24)19-5-6-20(35-19)17(28)7-8-27/h3-8,10-12,28,31H,2,9,27H2,1H3,(H,29,30)/b8-7-,28-17?. The molecule has 0 fully saturated rings. The highest BCUT2D eigenvalue weighted by atomic mass is 32.2. The molecule has 0 bridgehead atoms. The highest BCUT2D eigenvalue weighted by molar-refractivity contribution is 7.92. The summed E-state index contributed by atoms with van der Waals surface area (Å²) >= 11 is 1.32. The van der Waals surface area contributed by atoms with Gasteiger partial charge in [0.05, 0.1) is 27.6 Å². The van der Waals surface area contributed by atoms with Crippen molar-refractivity contribution >= 4 is 49.6 Å². The number of nitrogens with zero attached hydrogens (tertiary/aromatic N) is 1. The van der Waals surface area contributed by atoms with Crippen LogP contribution >= 0.6 is 11.3 Å². The van der Waals surface area contributed by atoms with Gasteiger partial charge in [-0.2, -0.15) is 0 Å². The number of aromatic amines is 1. The topological polar surface area (TPSA) is 142 Å². The summed E-state index contributed by atoms with van der Waals surface area (Å²) in [6.07, 6.45) is 5.91. The van der Waals surface area contributed by atoms with E-state index in [0.717, 1.165) is 17.0 Å². The number of H-pyrrole nitrogens is 1.